The second kappa shape index (κ2) is 5.95. The van der Waals surface area contributed by atoms with Crippen LogP contribution in [0.5, 0.6) is 0 Å². The van der Waals surface area contributed by atoms with Crippen LogP contribution in [0.1, 0.15) is 17.3 Å². The smallest absolute Gasteiger partial charge is 0.271 e. The molecule has 0 saturated carbocycles. The van der Waals surface area contributed by atoms with Gasteiger partial charge in [-0.3, -0.25) is 14.9 Å². The number of nitro groups is 1. The number of carbonyl (C=O) groups excluding carboxylic acids is 1. The van der Waals surface area contributed by atoms with Gasteiger partial charge in [0.15, 0.2) is 0 Å². The summed E-state index contributed by atoms with van der Waals surface area (Å²) in [6.07, 6.45) is 0. The van der Waals surface area contributed by atoms with E-state index in [1.165, 1.54) is 6.07 Å². The maximum absolute atomic E-state index is 12.5. The van der Waals surface area contributed by atoms with Gasteiger partial charge in [0, 0.05) is 37.8 Å². The zero-order chi connectivity index (χ0) is 14.9. The van der Waals surface area contributed by atoms with Crippen LogP contribution < -0.4 is 5.32 Å². The average molecular weight is 318 g/mol. The highest BCUT2D eigenvalue weighted by atomic mass is 35.5. The SMILES string of the molecule is C[C@@H]1CNCCN1C(=O)c1cc([N+](=O)[O-])cc(Cl)c1Cl. The van der Waals surface area contributed by atoms with Crippen molar-refractivity contribution in [3.63, 3.8) is 0 Å². The minimum Gasteiger partial charge on any atom is -0.333 e. The van der Waals surface area contributed by atoms with Gasteiger partial charge in [0.05, 0.1) is 20.5 Å². The van der Waals surface area contributed by atoms with Crippen LogP contribution in [0.15, 0.2) is 12.1 Å². The summed E-state index contributed by atoms with van der Waals surface area (Å²) in [5.74, 6) is -0.338. The van der Waals surface area contributed by atoms with E-state index < -0.39 is 4.92 Å². The lowest BCUT2D eigenvalue weighted by Gasteiger charge is -2.34. The molecule has 1 amide bonds. The lowest BCUT2D eigenvalue weighted by molar-refractivity contribution is -0.384. The summed E-state index contributed by atoms with van der Waals surface area (Å²) in [6, 6.07) is 2.30. The Hall–Kier alpha value is -1.37. The van der Waals surface area contributed by atoms with E-state index in [0.717, 1.165) is 6.07 Å². The van der Waals surface area contributed by atoms with Gasteiger partial charge in [-0.25, -0.2) is 0 Å². The number of benzene rings is 1. The fourth-order valence-corrected chi connectivity index (χ4v) is 2.54. The maximum Gasteiger partial charge on any atom is 0.271 e. The van der Waals surface area contributed by atoms with Gasteiger partial charge in [0.25, 0.3) is 11.6 Å². The van der Waals surface area contributed by atoms with E-state index in [2.05, 4.69) is 5.32 Å². The van der Waals surface area contributed by atoms with Crippen LogP contribution in [0.4, 0.5) is 5.69 Å². The number of hydrogen-bond donors (Lipinski definition) is 1. The van der Waals surface area contributed by atoms with Crippen molar-refractivity contribution >= 4 is 34.8 Å². The third-order valence-electron chi connectivity index (χ3n) is 3.22. The number of hydrogen-bond acceptors (Lipinski definition) is 4. The van der Waals surface area contributed by atoms with E-state index in [-0.39, 0.29) is 33.2 Å². The Balaban J connectivity index is 2.40. The molecule has 1 aromatic carbocycles. The number of rotatable bonds is 2. The van der Waals surface area contributed by atoms with Gasteiger partial charge in [-0.2, -0.15) is 0 Å². The molecule has 1 aliphatic heterocycles. The van der Waals surface area contributed by atoms with Crippen molar-refractivity contribution < 1.29 is 9.72 Å². The fraction of sp³-hybridized carbons (Fsp3) is 0.417. The first-order valence-electron chi connectivity index (χ1n) is 6.07. The highest BCUT2D eigenvalue weighted by Gasteiger charge is 2.28. The summed E-state index contributed by atoms with van der Waals surface area (Å²) in [5.41, 5.74) is -0.176. The fourth-order valence-electron chi connectivity index (χ4n) is 2.13. The van der Waals surface area contributed by atoms with Crippen molar-refractivity contribution in [3.8, 4) is 0 Å². The van der Waals surface area contributed by atoms with Crippen LogP contribution >= 0.6 is 23.2 Å². The van der Waals surface area contributed by atoms with E-state index in [9.17, 15) is 14.9 Å². The van der Waals surface area contributed by atoms with Crippen molar-refractivity contribution in [1.82, 2.24) is 10.2 Å². The quantitative estimate of drug-likeness (QED) is 0.671. The predicted molar refractivity (Wildman–Crippen MR) is 76.5 cm³/mol. The van der Waals surface area contributed by atoms with E-state index in [1.807, 2.05) is 6.92 Å². The zero-order valence-corrected chi connectivity index (χ0v) is 12.2. The number of nitro benzene ring substituents is 1. The van der Waals surface area contributed by atoms with Crippen molar-refractivity contribution in [2.24, 2.45) is 0 Å². The molecule has 20 heavy (non-hydrogen) atoms. The summed E-state index contributed by atoms with van der Waals surface area (Å²) in [4.78, 5) is 24.4. The molecule has 1 saturated heterocycles. The molecular weight excluding hydrogens is 305 g/mol. The Morgan fingerprint density at radius 1 is 1.50 bits per heavy atom. The first-order valence-corrected chi connectivity index (χ1v) is 6.82. The Labute approximate surface area is 125 Å². The average Bonchev–Trinajstić information content (AvgIpc) is 2.41. The lowest BCUT2D eigenvalue weighted by atomic mass is 10.1. The first-order chi connectivity index (χ1) is 9.41. The van der Waals surface area contributed by atoms with Gasteiger partial charge >= 0.3 is 0 Å². The van der Waals surface area contributed by atoms with Crippen LogP contribution in [0.25, 0.3) is 0 Å². The van der Waals surface area contributed by atoms with Crippen LogP contribution in [-0.2, 0) is 0 Å². The van der Waals surface area contributed by atoms with E-state index in [0.29, 0.717) is 19.6 Å². The lowest BCUT2D eigenvalue weighted by Crippen LogP contribution is -2.52. The first kappa shape index (κ1) is 15.0. The molecule has 0 aliphatic carbocycles. The molecule has 0 aromatic heterocycles. The van der Waals surface area contributed by atoms with Crippen molar-refractivity contribution in [3.05, 3.63) is 37.9 Å². The molecular formula is C12H13Cl2N3O3. The largest absolute Gasteiger partial charge is 0.333 e. The zero-order valence-electron chi connectivity index (χ0n) is 10.7. The minimum absolute atomic E-state index is 0.00649. The summed E-state index contributed by atoms with van der Waals surface area (Å²) in [5, 5.41) is 14.1. The van der Waals surface area contributed by atoms with Crippen molar-refractivity contribution in [2.75, 3.05) is 19.6 Å². The van der Waals surface area contributed by atoms with Gasteiger partial charge in [0.1, 0.15) is 0 Å². The monoisotopic (exact) mass is 317 g/mol. The molecule has 0 spiro atoms. The van der Waals surface area contributed by atoms with Crippen molar-refractivity contribution in [1.29, 1.82) is 0 Å². The molecule has 0 bridgehead atoms. The second-order valence-electron chi connectivity index (χ2n) is 4.60. The summed E-state index contributed by atoms with van der Waals surface area (Å²) in [7, 11) is 0. The maximum atomic E-state index is 12.5. The van der Waals surface area contributed by atoms with Crippen LogP contribution in [0.2, 0.25) is 10.0 Å². The van der Waals surface area contributed by atoms with E-state index in [1.54, 1.807) is 4.90 Å². The van der Waals surface area contributed by atoms with Crippen LogP contribution in [0.3, 0.4) is 0 Å². The number of carbonyl (C=O) groups is 1. The number of nitrogens with one attached hydrogen (secondary N) is 1. The Morgan fingerprint density at radius 3 is 2.80 bits per heavy atom. The normalized spacial score (nSPS) is 18.9. The summed E-state index contributed by atoms with van der Waals surface area (Å²) in [6.45, 7) is 3.77. The number of piperazine rings is 1. The molecule has 8 heteroatoms. The molecule has 0 radical (unpaired) electrons. The number of amides is 1. The van der Waals surface area contributed by atoms with E-state index in [4.69, 9.17) is 23.2 Å². The molecule has 1 N–H and O–H groups in total. The Bertz CT molecular complexity index is 565. The highest BCUT2D eigenvalue weighted by Crippen LogP contribution is 2.32. The van der Waals surface area contributed by atoms with E-state index >= 15 is 0 Å². The van der Waals surface area contributed by atoms with Crippen LogP contribution in [0, 0.1) is 10.1 Å². The predicted octanol–water partition coefficient (Wildman–Crippen LogP) is 2.34. The Morgan fingerprint density at radius 2 is 2.20 bits per heavy atom. The molecule has 1 atom stereocenters. The number of non-ortho nitro benzene ring substituents is 1. The number of halogens is 2. The third-order valence-corrected chi connectivity index (χ3v) is 4.02. The summed E-state index contributed by atoms with van der Waals surface area (Å²) < 4.78 is 0. The number of nitrogens with zero attached hydrogens (tertiary/aromatic N) is 2. The minimum atomic E-state index is -0.597. The van der Waals surface area contributed by atoms with Gasteiger partial charge < -0.3 is 10.2 Å². The molecule has 6 nitrogen and oxygen atoms in total. The van der Waals surface area contributed by atoms with Gasteiger partial charge in [-0.1, -0.05) is 23.2 Å². The molecule has 1 heterocycles. The summed E-state index contributed by atoms with van der Waals surface area (Å²) >= 11 is 11.9. The van der Waals surface area contributed by atoms with Gasteiger partial charge in [0.2, 0.25) is 0 Å². The molecule has 1 fully saturated rings. The second-order valence-corrected chi connectivity index (χ2v) is 5.38. The topological polar surface area (TPSA) is 75.5 Å². The standard InChI is InChI=1S/C12H13Cl2N3O3/c1-7-6-15-2-3-16(7)12(18)9-4-8(17(19)20)5-10(13)11(9)14/h4-5,7,15H,2-3,6H2,1H3/t7-/m1/s1. The molecule has 1 aliphatic rings. The van der Waals surface area contributed by atoms with Gasteiger partial charge in [-0.15, -0.1) is 0 Å². The molecule has 108 valence electrons. The molecule has 2 rings (SSSR count). The molecule has 1 aromatic rings. The highest BCUT2D eigenvalue weighted by molar-refractivity contribution is 6.44. The van der Waals surface area contributed by atoms with Gasteiger partial charge in [-0.05, 0) is 6.92 Å². The third kappa shape index (κ3) is 2.87. The Kier molecular flexibility index (Phi) is 4.47. The molecule has 0 unspecified atom stereocenters. The van der Waals surface area contributed by atoms with Crippen molar-refractivity contribution in [2.45, 2.75) is 13.0 Å². The van der Waals surface area contributed by atoms with Crippen LogP contribution in [-0.4, -0.2) is 41.4 Å².